The summed E-state index contributed by atoms with van der Waals surface area (Å²) in [7, 11) is 0. The lowest BCUT2D eigenvalue weighted by atomic mass is 9.66. The molecule has 23 heavy (non-hydrogen) atoms. The number of ether oxygens (including phenoxy) is 1. The maximum absolute atomic E-state index is 5.25. The number of hydrogen-bond acceptors (Lipinski definition) is 3. The molecule has 0 amide bonds. The minimum Gasteiger partial charge on any atom is -0.377 e. The summed E-state index contributed by atoms with van der Waals surface area (Å²) in [5.74, 6) is 0. The third-order valence-electron chi connectivity index (χ3n) is 5.55. The molecule has 0 N–H and O–H groups in total. The van der Waals surface area contributed by atoms with E-state index in [9.17, 15) is 0 Å². The zero-order valence-corrected chi connectivity index (χ0v) is 13.3. The van der Waals surface area contributed by atoms with Crippen molar-refractivity contribution >= 4 is 10.9 Å². The molecule has 3 heterocycles. The van der Waals surface area contributed by atoms with Crippen molar-refractivity contribution in [3.8, 4) is 5.69 Å². The van der Waals surface area contributed by atoms with Gasteiger partial charge in [-0.3, -0.25) is 4.68 Å². The van der Waals surface area contributed by atoms with Crippen LogP contribution < -0.4 is 0 Å². The Morgan fingerprint density at radius 3 is 2.74 bits per heavy atom. The lowest BCUT2D eigenvalue weighted by Gasteiger charge is -2.39. The first-order chi connectivity index (χ1) is 11.2. The summed E-state index contributed by atoms with van der Waals surface area (Å²) in [6.45, 7) is 3.87. The average molecular weight is 308 g/mol. The first kappa shape index (κ1) is 13.3. The van der Waals surface area contributed by atoms with E-state index in [0.29, 0.717) is 11.5 Å². The van der Waals surface area contributed by atoms with Gasteiger partial charge in [0, 0.05) is 5.39 Å². The van der Waals surface area contributed by atoms with E-state index in [1.807, 2.05) is 21.8 Å². The van der Waals surface area contributed by atoms with Crippen LogP contribution in [0.1, 0.15) is 37.8 Å². The van der Waals surface area contributed by atoms with Gasteiger partial charge in [0.2, 0.25) is 0 Å². The van der Waals surface area contributed by atoms with Crippen molar-refractivity contribution in [2.75, 3.05) is 13.2 Å². The number of aromatic nitrogens is 4. The maximum Gasteiger partial charge on any atom is 0.103 e. The van der Waals surface area contributed by atoms with Gasteiger partial charge in [0.15, 0.2) is 0 Å². The Kier molecular flexibility index (Phi) is 2.71. The normalized spacial score (nSPS) is 20.4. The topological polar surface area (TPSA) is 44.9 Å². The van der Waals surface area contributed by atoms with E-state index >= 15 is 0 Å². The third kappa shape index (κ3) is 1.96. The van der Waals surface area contributed by atoms with Gasteiger partial charge in [0.05, 0.1) is 43.4 Å². The summed E-state index contributed by atoms with van der Waals surface area (Å²) in [5, 5.41) is 10.2. The van der Waals surface area contributed by atoms with Crippen molar-refractivity contribution in [2.24, 2.45) is 0 Å². The molecule has 5 nitrogen and oxygen atoms in total. The molecule has 5 rings (SSSR count). The Labute approximate surface area is 134 Å². The van der Waals surface area contributed by atoms with Crippen LogP contribution in [0.4, 0.5) is 0 Å². The van der Waals surface area contributed by atoms with Crippen LogP contribution in [0.5, 0.6) is 0 Å². The van der Waals surface area contributed by atoms with E-state index in [1.165, 1.54) is 35.7 Å². The zero-order valence-electron chi connectivity index (χ0n) is 13.3. The Bertz CT molecular complexity index is 870. The largest absolute Gasteiger partial charge is 0.377 e. The summed E-state index contributed by atoms with van der Waals surface area (Å²) in [6, 6.07) is 7.14. The molecule has 0 atom stereocenters. The van der Waals surface area contributed by atoms with Crippen molar-refractivity contribution in [1.29, 1.82) is 0 Å². The van der Waals surface area contributed by atoms with Crippen LogP contribution in [-0.2, 0) is 10.2 Å². The van der Waals surface area contributed by atoms with Crippen molar-refractivity contribution in [2.45, 2.75) is 37.6 Å². The molecule has 1 saturated heterocycles. The molecule has 2 aliphatic rings. The van der Waals surface area contributed by atoms with E-state index < -0.39 is 0 Å². The molecule has 1 aliphatic carbocycles. The van der Waals surface area contributed by atoms with Gasteiger partial charge < -0.3 is 4.74 Å². The Morgan fingerprint density at radius 2 is 2.04 bits per heavy atom. The van der Waals surface area contributed by atoms with E-state index in [0.717, 1.165) is 18.9 Å². The minimum atomic E-state index is 0.344. The zero-order chi connectivity index (χ0) is 15.4. The molecule has 1 saturated carbocycles. The predicted molar refractivity (Wildman–Crippen MR) is 87.9 cm³/mol. The second-order valence-electron chi connectivity index (χ2n) is 7.11. The number of rotatable bonds is 3. The van der Waals surface area contributed by atoms with Gasteiger partial charge in [0.25, 0.3) is 0 Å². The Morgan fingerprint density at radius 1 is 1.17 bits per heavy atom. The first-order valence-electron chi connectivity index (χ1n) is 8.34. The molecule has 118 valence electrons. The van der Waals surface area contributed by atoms with Crippen LogP contribution in [0.25, 0.3) is 16.6 Å². The number of nitrogens with zero attached hydrogens (tertiary/aromatic N) is 4. The van der Waals surface area contributed by atoms with Gasteiger partial charge in [-0.15, -0.1) is 0 Å². The lowest BCUT2D eigenvalue weighted by Crippen LogP contribution is -2.30. The van der Waals surface area contributed by atoms with Crippen LogP contribution in [0.3, 0.4) is 0 Å². The van der Waals surface area contributed by atoms with Gasteiger partial charge in [-0.2, -0.15) is 10.2 Å². The molecule has 5 heteroatoms. The smallest absolute Gasteiger partial charge is 0.103 e. The van der Waals surface area contributed by atoms with E-state index in [1.54, 1.807) is 0 Å². The maximum atomic E-state index is 5.25. The average Bonchev–Trinajstić information content (AvgIpc) is 3.08. The van der Waals surface area contributed by atoms with Crippen molar-refractivity contribution in [1.82, 2.24) is 19.6 Å². The van der Waals surface area contributed by atoms with Gasteiger partial charge in [-0.25, -0.2) is 4.68 Å². The molecule has 0 bridgehead atoms. The minimum absolute atomic E-state index is 0.344. The summed E-state index contributed by atoms with van der Waals surface area (Å²) < 4.78 is 9.24. The van der Waals surface area contributed by atoms with Gasteiger partial charge in [-0.05, 0) is 29.9 Å². The highest BCUT2D eigenvalue weighted by molar-refractivity contribution is 5.81. The fraction of sp³-hybridized carbons (Fsp3) is 0.444. The molecule has 1 aromatic carbocycles. The monoisotopic (exact) mass is 308 g/mol. The standard InChI is InChI=1S/C18H20N4O/c1-18(5-2-6-18)14-4-3-13-8-20-22(17(13)7-14)15-9-19-21(10-15)16-11-23-12-16/h3-4,7-10,16H,2,5-6,11-12H2,1H3. The van der Waals surface area contributed by atoms with Crippen LogP contribution in [-0.4, -0.2) is 32.8 Å². The van der Waals surface area contributed by atoms with E-state index in [-0.39, 0.29) is 0 Å². The highest BCUT2D eigenvalue weighted by Crippen LogP contribution is 2.43. The van der Waals surface area contributed by atoms with Gasteiger partial charge >= 0.3 is 0 Å². The first-order valence-corrected chi connectivity index (χ1v) is 8.34. The molecule has 1 aliphatic heterocycles. The number of hydrogen-bond donors (Lipinski definition) is 0. The molecule has 2 fully saturated rings. The van der Waals surface area contributed by atoms with Gasteiger partial charge in [-0.1, -0.05) is 25.5 Å². The second kappa shape index (κ2) is 4.68. The van der Waals surface area contributed by atoms with E-state index in [2.05, 4.69) is 41.5 Å². The molecule has 0 radical (unpaired) electrons. The molecule has 0 spiro atoms. The summed E-state index contributed by atoms with van der Waals surface area (Å²) >= 11 is 0. The van der Waals surface area contributed by atoms with Crippen molar-refractivity contribution < 1.29 is 4.74 Å². The summed E-state index contributed by atoms with van der Waals surface area (Å²) in [5.41, 5.74) is 3.96. The summed E-state index contributed by atoms with van der Waals surface area (Å²) in [6.07, 6.45) is 9.80. The lowest BCUT2D eigenvalue weighted by molar-refractivity contribution is -0.0286. The highest BCUT2D eigenvalue weighted by atomic mass is 16.5. The second-order valence-corrected chi connectivity index (χ2v) is 7.11. The fourth-order valence-electron chi connectivity index (χ4n) is 3.61. The SMILES string of the molecule is CC1(c2ccc3cnn(-c4cnn(C5COC5)c4)c3c2)CCC1. The van der Waals surface area contributed by atoms with E-state index in [4.69, 9.17) is 4.74 Å². The quantitative estimate of drug-likeness (QED) is 0.746. The van der Waals surface area contributed by atoms with Gasteiger partial charge in [0.1, 0.15) is 5.69 Å². The number of benzene rings is 1. The Hall–Kier alpha value is -2.14. The predicted octanol–water partition coefficient (Wildman–Crippen LogP) is 3.23. The Balaban J connectivity index is 1.57. The molecular weight excluding hydrogens is 288 g/mol. The van der Waals surface area contributed by atoms with Crippen LogP contribution in [0.2, 0.25) is 0 Å². The molecule has 3 aromatic rings. The number of fused-ring (bicyclic) bond motifs is 1. The van der Waals surface area contributed by atoms with Crippen molar-refractivity contribution in [3.05, 3.63) is 42.4 Å². The molecular formula is C18H20N4O. The third-order valence-corrected chi connectivity index (χ3v) is 5.55. The highest BCUT2D eigenvalue weighted by Gasteiger charge is 2.33. The molecule has 2 aromatic heterocycles. The fourth-order valence-corrected chi connectivity index (χ4v) is 3.61. The van der Waals surface area contributed by atoms with Crippen LogP contribution >= 0.6 is 0 Å². The summed E-state index contributed by atoms with van der Waals surface area (Å²) in [4.78, 5) is 0. The molecule has 0 unspecified atom stereocenters. The van der Waals surface area contributed by atoms with Crippen molar-refractivity contribution in [3.63, 3.8) is 0 Å². The van der Waals surface area contributed by atoms with Crippen LogP contribution in [0, 0.1) is 0 Å². The van der Waals surface area contributed by atoms with Crippen LogP contribution in [0.15, 0.2) is 36.8 Å².